The summed E-state index contributed by atoms with van der Waals surface area (Å²) in [5, 5.41) is 12.6. The van der Waals surface area contributed by atoms with Crippen molar-refractivity contribution in [3.05, 3.63) is 34.9 Å². The molecule has 0 aromatic heterocycles. The van der Waals surface area contributed by atoms with Crippen LogP contribution in [0.2, 0.25) is 0 Å². The fraction of sp³-hybridized carbons (Fsp3) is 0.588. The zero-order valence-electron chi connectivity index (χ0n) is 13.1. The Labute approximate surface area is 127 Å². The maximum Gasteiger partial charge on any atom is 0.227 e. The van der Waals surface area contributed by atoms with E-state index in [0.717, 1.165) is 24.1 Å². The van der Waals surface area contributed by atoms with Gasteiger partial charge in [-0.2, -0.15) is 0 Å². The SMILES string of the molecule is Cc1ccc(C)c(CC(=O)N(CCO)CC2CCCN2)c1. The molecule has 1 atom stereocenters. The Morgan fingerprint density at radius 3 is 2.90 bits per heavy atom. The molecule has 1 unspecified atom stereocenters. The van der Waals surface area contributed by atoms with E-state index < -0.39 is 0 Å². The van der Waals surface area contributed by atoms with Crippen LogP contribution in [-0.4, -0.2) is 48.2 Å². The second kappa shape index (κ2) is 7.57. The zero-order chi connectivity index (χ0) is 15.2. The lowest BCUT2D eigenvalue weighted by Gasteiger charge is -2.25. The highest BCUT2D eigenvalue weighted by molar-refractivity contribution is 5.79. The van der Waals surface area contributed by atoms with E-state index in [1.54, 1.807) is 4.90 Å². The van der Waals surface area contributed by atoms with Gasteiger partial charge in [0, 0.05) is 19.1 Å². The van der Waals surface area contributed by atoms with Gasteiger partial charge in [-0.15, -0.1) is 0 Å². The molecule has 1 fully saturated rings. The molecule has 0 saturated carbocycles. The Hall–Kier alpha value is -1.39. The minimum Gasteiger partial charge on any atom is -0.395 e. The number of hydrogen-bond donors (Lipinski definition) is 2. The van der Waals surface area contributed by atoms with E-state index in [2.05, 4.69) is 23.5 Å². The highest BCUT2D eigenvalue weighted by Crippen LogP contribution is 2.14. The first-order valence-corrected chi connectivity index (χ1v) is 7.78. The van der Waals surface area contributed by atoms with E-state index in [1.807, 2.05) is 13.8 Å². The van der Waals surface area contributed by atoms with Gasteiger partial charge in [0.15, 0.2) is 0 Å². The Morgan fingerprint density at radius 1 is 1.43 bits per heavy atom. The number of aliphatic hydroxyl groups excluding tert-OH is 1. The number of nitrogens with one attached hydrogen (secondary N) is 1. The maximum atomic E-state index is 12.5. The van der Waals surface area contributed by atoms with Gasteiger partial charge in [0.1, 0.15) is 0 Å². The summed E-state index contributed by atoms with van der Waals surface area (Å²) in [6, 6.07) is 6.58. The summed E-state index contributed by atoms with van der Waals surface area (Å²) < 4.78 is 0. The van der Waals surface area contributed by atoms with Crippen molar-refractivity contribution in [2.45, 2.75) is 39.2 Å². The fourth-order valence-electron chi connectivity index (χ4n) is 2.88. The summed E-state index contributed by atoms with van der Waals surface area (Å²) in [5.41, 5.74) is 3.41. The number of nitrogens with zero attached hydrogens (tertiary/aromatic N) is 1. The Bertz CT molecular complexity index is 482. The second-order valence-electron chi connectivity index (χ2n) is 5.96. The molecule has 1 aromatic carbocycles. The van der Waals surface area contributed by atoms with Crippen molar-refractivity contribution in [1.29, 1.82) is 0 Å². The normalized spacial score (nSPS) is 18.0. The van der Waals surface area contributed by atoms with Crippen LogP contribution in [0.15, 0.2) is 18.2 Å². The number of rotatable bonds is 6. The molecule has 4 heteroatoms. The van der Waals surface area contributed by atoms with Gasteiger partial charge in [-0.25, -0.2) is 0 Å². The molecule has 2 N–H and O–H groups in total. The van der Waals surface area contributed by atoms with Crippen LogP contribution in [0.25, 0.3) is 0 Å². The largest absolute Gasteiger partial charge is 0.395 e. The average molecular weight is 290 g/mol. The number of hydrogen-bond acceptors (Lipinski definition) is 3. The average Bonchev–Trinajstić information content (AvgIpc) is 2.95. The number of carbonyl (C=O) groups is 1. The van der Waals surface area contributed by atoms with Gasteiger partial charge in [0.2, 0.25) is 5.91 Å². The Morgan fingerprint density at radius 2 is 2.24 bits per heavy atom. The molecule has 1 saturated heterocycles. The standard InChI is InChI=1S/C17H26N2O2/c1-13-5-6-14(2)15(10-13)11-17(21)19(8-9-20)12-16-4-3-7-18-16/h5-6,10,16,18,20H,3-4,7-9,11-12H2,1-2H3. The topological polar surface area (TPSA) is 52.6 Å². The second-order valence-corrected chi connectivity index (χ2v) is 5.96. The lowest BCUT2D eigenvalue weighted by Crippen LogP contribution is -2.43. The highest BCUT2D eigenvalue weighted by atomic mass is 16.3. The fourth-order valence-corrected chi connectivity index (χ4v) is 2.88. The summed E-state index contributed by atoms with van der Waals surface area (Å²) in [5.74, 6) is 0.103. The first kappa shape index (κ1) is 16.0. The summed E-state index contributed by atoms with van der Waals surface area (Å²) in [6.07, 6.45) is 2.70. The number of carbonyl (C=O) groups excluding carboxylic acids is 1. The molecule has 0 aliphatic carbocycles. The van der Waals surface area contributed by atoms with E-state index in [-0.39, 0.29) is 12.5 Å². The molecule has 1 heterocycles. The smallest absolute Gasteiger partial charge is 0.227 e. The van der Waals surface area contributed by atoms with Crippen LogP contribution >= 0.6 is 0 Å². The number of benzene rings is 1. The molecular weight excluding hydrogens is 264 g/mol. The van der Waals surface area contributed by atoms with Crippen molar-refractivity contribution in [3.8, 4) is 0 Å². The van der Waals surface area contributed by atoms with Gasteiger partial charge in [-0.3, -0.25) is 4.79 Å². The summed E-state index contributed by atoms with van der Waals surface area (Å²) >= 11 is 0. The van der Waals surface area contributed by atoms with Crippen LogP contribution < -0.4 is 5.32 Å². The zero-order valence-corrected chi connectivity index (χ0v) is 13.1. The van der Waals surface area contributed by atoms with E-state index >= 15 is 0 Å². The van der Waals surface area contributed by atoms with Gasteiger partial charge in [0.05, 0.1) is 13.0 Å². The summed E-state index contributed by atoms with van der Waals surface area (Å²) in [7, 11) is 0. The molecule has 2 rings (SSSR count). The van der Waals surface area contributed by atoms with Crippen molar-refractivity contribution in [2.24, 2.45) is 0 Å². The summed E-state index contributed by atoms with van der Waals surface area (Å²) in [6.45, 7) is 6.25. The molecule has 1 amide bonds. The highest BCUT2D eigenvalue weighted by Gasteiger charge is 2.21. The van der Waals surface area contributed by atoms with Crippen LogP contribution in [-0.2, 0) is 11.2 Å². The third-order valence-electron chi connectivity index (χ3n) is 4.17. The molecule has 0 radical (unpaired) electrons. The molecule has 116 valence electrons. The molecule has 0 bridgehead atoms. The maximum absolute atomic E-state index is 12.5. The quantitative estimate of drug-likeness (QED) is 0.833. The number of aryl methyl sites for hydroxylation is 2. The van der Waals surface area contributed by atoms with Crippen LogP contribution in [0.4, 0.5) is 0 Å². The van der Waals surface area contributed by atoms with Crippen molar-refractivity contribution in [2.75, 3.05) is 26.2 Å². The predicted octanol–water partition coefficient (Wildman–Crippen LogP) is 1.42. The van der Waals surface area contributed by atoms with Crippen molar-refractivity contribution >= 4 is 5.91 Å². The van der Waals surface area contributed by atoms with E-state index in [4.69, 9.17) is 0 Å². The third-order valence-corrected chi connectivity index (χ3v) is 4.17. The molecule has 4 nitrogen and oxygen atoms in total. The Kier molecular flexibility index (Phi) is 5.76. The Balaban J connectivity index is 2.01. The monoisotopic (exact) mass is 290 g/mol. The van der Waals surface area contributed by atoms with E-state index in [0.29, 0.717) is 25.6 Å². The van der Waals surface area contributed by atoms with Gasteiger partial charge in [0.25, 0.3) is 0 Å². The van der Waals surface area contributed by atoms with Crippen LogP contribution in [0, 0.1) is 13.8 Å². The van der Waals surface area contributed by atoms with Crippen LogP contribution in [0.3, 0.4) is 0 Å². The first-order valence-electron chi connectivity index (χ1n) is 7.78. The van der Waals surface area contributed by atoms with E-state index in [1.165, 1.54) is 12.0 Å². The van der Waals surface area contributed by atoms with Gasteiger partial charge in [-0.05, 0) is 44.4 Å². The van der Waals surface area contributed by atoms with Crippen LogP contribution in [0.1, 0.15) is 29.5 Å². The molecule has 1 aliphatic rings. The number of aliphatic hydroxyl groups is 1. The molecule has 1 aromatic rings. The first-order chi connectivity index (χ1) is 10.1. The molecule has 21 heavy (non-hydrogen) atoms. The lowest BCUT2D eigenvalue weighted by molar-refractivity contribution is -0.131. The minimum absolute atomic E-state index is 0.0191. The van der Waals surface area contributed by atoms with Crippen molar-refractivity contribution < 1.29 is 9.90 Å². The molecule has 0 spiro atoms. The van der Waals surface area contributed by atoms with Gasteiger partial charge < -0.3 is 15.3 Å². The minimum atomic E-state index is 0.0191. The van der Waals surface area contributed by atoms with Crippen molar-refractivity contribution in [3.63, 3.8) is 0 Å². The molecule has 1 aliphatic heterocycles. The molecular formula is C17H26N2O2. The third kappa shape index (κ3) is 4.55. The van der Waals surface area contributed by atoms with Crippen molar-refractivity contribution in [1.82, 2.24) is 10.2 Å². The lowest BCUT2D eigenvalue weighted by atomic mass is 10.0. The van der Waals surface area contributed by atoms with Gasteiger partial charge >= 0.3 is 0 Å². The summed E-state index contributed by atoms with van der Waals surface area (Å²) in [4.78, 5) is 14.3. The van der Waals surface area contributed by atoms with E-state index in [9.17, 15) is 9.90 Å². The van der Waals surface area contributed by atoms with Gasteiger partial charge in [-0.1, -0.05) is 23.8 Å². The predicted molar refractivity (Wildman–Crippen MR) is 84.3 cm³/mol. The number of amides is 1. The van der Waals surface area contributed by atoms with Crippen LogP contribution in [0.5, 0.6) is 0 Å².